The first kappa shape index (κ1) is 13.7. The summed E-state index contributed by atoms with van der Waals surface area (Å²) in [4.78, 5) is 6.97. The first-order valence-electron chi connectivity index (χ1n) is 8.02. The van der Waals surface area contributed by atoms with Crippen LogP contribution in [-0.2, 0) is 11.2 Å². The molecule has 0 radical (unpaired) electrons. The molecule has 1 saturated heterocycles. The Bertz CT molecular complexity index is 635. The van der Waals surface area contributed by atoms with Crippen molar-refractivity contribution in [2.75, 3.05) is 37.7 Å². The number of aromatic nitrogens is 1. The standard InChI is InChI=1S/C18H21N3O/c1-2-4-16-14(3-1)7-8-19-18(16)15-5-6-17(20-13-15)21-9-11-22-12-10-21/h1-6,13,18-19H,7-12H2/t18-/m1/s1. The highest BCUT2D eigenvalue weighted by Crippen LogP contribution is 2.28. The van der Waals surface area contributed by atoms with E-state index in [4.69, 9.17) is 4.74 Å². The summed E-state index contributed by atoms with van der Waals surface area (Å²) in [7, 11) is 0. The molecule has 114 valence electrons. The van der Waals surface area contributed by atoms with Crippen LogP contribution < -0.4 is 10.2 Å². The van der Waals surface area contributed by atoms with E-state index in [9.17, 15) is 0 Å². The summed E-state index contributed by atoms with van der Waals surface area (Å²) in [6.07, 6.45) is 3.12. The van der Waals surface area contributed by atoms with E-state index in [-0.39, 0.29) is 6.04 Å². The van der Waals surface area contributed by atoms with E-state index in [1.54, 1.807) is 0 Å². The van der Waals surface area contributed by atoms with Gasteiger partial charge in [0, 0.05) is 25.8 Å². The molecule has 2 aliphatic heterocycles. The number of hydrogen-bond acceptors (Lipinski definition) is 4. The molecule has 22 heavy (non-hydrogen) atoms. The SMILES string of the molecule is c1ccc2c(c1)CCN[C@@H]2c1ccc(N2CCOCC2)nc1. The zero-order valence-electron chi connectivity index (χ0n) is 12.7. The topological polar surface area (TPSA) is 37.4 Å². The van der Waals surface area contributed by atoms with E-state index < -0.39 is 0 Å². The number of morpholine rings is 1. The van der Waals surface area contributed by atoms with Gasteiger partial charge in [-0.2, -0.15) is 0 Å². The Labute approximate surface area is 131 Å². The van der Waals surface area contributed by atoms with E-state index in [0.29, 0.717) is 0 Å². The van der Waals surface area contributed by atoms with Gasteiger partial charge in [0.05, 0.1) is 19.3 Å². The van der Waals surface area contributed by atoms with Gasteiger partial charge in [0.1, 0.15) is 5.82 Å². The average molecular weight is 295 g/mol. The maximum Gasteiger partial charge on any atom is 0.128 e. The molecule has 4 heteroatoms. The van der Waals surface area contributed by atoms with Gasteiger partial charge in [-0.05, 0) is 29.2 Å². The van der Waals surface area contributed by atoms with Gasteiger partial charge in [0.2, 0.25) is 0 Å². The van der Waals surface area contributed by atoms with Crippen LogP contribution in [0.5, 0.6) is 0 Å². The van der Waals surface area contributed by atoms with Crippen LogP contribution in [0.15, 0.2) is 42.6 Å². The Hall–Kier alpha value is -1.91. The molecule has 4 nitrogen and oxygen atoms in total. The molecule has 1 aromatic carbocycles. The third-order valence-corrected chi connectivity index (χ3v) is 4.55. The van der Waals surface area contributed by atoms with Crippen LogP contribution in [0.3, 0.4) is 0 Å². The molecule has 2 aromatic rings. The zero-order chi connectivity index (χ0) is 14.8. The number of nitrogens with one attached hydrogen (secondary N) is 1. The Morgan fingerprint density at radius 2 is 1.95 bits per heavy atom. The molecule has 4 rings (SSSR count). The molecule has 0 spiro atoms. The predicted octanol–water partition coefficient (Wildman–Crippen LogP) is 2.15. The average Bonchev–Trinajstić information content (AvgIpc) is 2.62. The molecule has 0 amide bonds. The summed E-state index contributed by atoms with van der Waals surface area (Å²) in [5.74, 6) is 1.05. The quantitative estimate of drug-likeness (QED) is 0.921. The summed E-state index contributed by atoms with van der Waals surface area (Å²) in [6.45, 7) is 4.46. The maximum atomic E-state index is 5.40. The molecule has 2 aliphatic rings. The summed E-state index contributed by atoms with van der Waals surface area (Å²) in [5, 5.41) is 3.62. The van der Waals surface area contributed by atoms with Gasteiger partial charge in [-0.3, -0.25) is 0 Å². The highest BCUT2D eigenvalue weighted by Gasteiger charge is 2.21. The van der Waals surface area contributed by atoms with Gasteiger partial charge in [0.25, 0.3) is 0 Å². The second kappa shape index (κ2) is 6.07. The van der Waals surface area contributed by atoms with Crippen LogP contribution in [0.25, 0.3) is 0 Å². The lowest BCUT2D eigenvalue weighted by Crippen LogP contribution is -2.36. The number of benzene rings is 1. The van der Waals surface area contributed by atoms with Crippen molar-refractivity contribution in [3.8, 4) is 0 Å². The summed E-state index contributed by atoms with van der Waals surface area (Å²) < 4.78 is 5.40. The number of hydrogen-bond donors (Lipinski definition) is 1. The van der Waals surface area contributed by atoms with Crippen molar-refractivity contribution >= 4 is 5.82 Å². The van der Waals surface area contributed by atoms with E-state index in [1.807, 2.05) is 6.20 Å². The minimum atomic E-state index is 0.260. The Morgan fingerprint density at radius 3 is 2.77 bits per heavy atom. The molecule has 0 unspecified atom stereocenters. The number of nitrogens with zero attached hydrogens (tertiary/aromatic N) is 2. The van der Waals surface area contributed by atoms with Crippen molar-refractivity contribution in [3.63, 3.8) is 0 Å². The Morgan fingerprint density at radius 1 is 1.09 bits per heavy atom. The van der Waals surface area contributed by atoms with Crippen molar-refractivity contribution in [3.05, 3.63) is 59.3 Å². The minimum Gasteiger partial charge on any atom is -0.378 e. The van der Waals surface area contributed by atoms with Crippen LogP contribution in [0, 0.1) is 0 Å². The largest absolute Gasteiger partial charge is 0.378 e. The van der Waals surface area contributed by atoms with E-state index in [0.717, 1.165) is 45.1 Å². The van der Waals surface area contributed by atoms with E-state index in [1.165, 1.54) is 16.7 Å². The highest BCUT2D eigenvalue weighted by molar-refractivity contribution is 5.44. The molecule has 0 bridgehead atoms. The zero-order valence-corrected chi connectivity index (χ0v) is 12.7. The van der Waals surface area contributed by atoms with Gasteiger partial charge in [-0.15, -0.1) is 0 Å². The first-order chi connectivity index (χ1) is 10.9. The molecule has 3 heterocycles. The predicted molar refractivity (Wildman–Crippen MR) is 87.3 cm³/mol. The maximum absolute atomic E-state index is 5.40. The summed E-state index contributed by atoms with van der Waals surface area (Å²) >= 11 is 0. The molecular formula is C18H21N3O. The molecule has 1 atom stereocenters. The van der Waals surface area contributed by atoms with Crippen molar-refractivity contribution in [2.45, 2.75) is 12.5 Å². The van der Waals surface area contributed by atoms with E-state index >= 15 is 0 Å². The van der Waals surface area contributed by atoms with Crippen molar-refractivity contribution in [1.82, 2.24) is 10.3 Å². The lowest BCUT2D eigenvalue weighted by molar-refractivity contribution is 0.122. The second-order valence-corrected chi connectivity index (χ2v) is 5.89. The molecule has 1 N–H and O–H groups in total. The van der Waals surface area contributed by atoms with Gasteiger partial charge in [-0.1, -0.05) is 30.3 Å². The fourth-order valence-corrected chi connectivity index (χ4v) is 3.35. The van der Waals surface area contributed by atoms with Gasteiger partial charge < -0.3 is 15.0 Å². The number of anilines is 1. The summed E-state index contributed by atoms with van der Waals surface area (Å²) in [5.41, 5.74) is 4.07. The molecule has 0 saturated carbocycles. The van der Waals surface area contributed by atoms with Crippen molar-refractivity contribution in [2.24, 2.45) is 0 Å². The fourth-order valence-electron chi connectivity index (χ4n) is 3.35. The first-order valence-corrected chi connectivity index (χ1v) is 8.02. The van der Waals surface area contributed by atoms with Crippen LogP contribution in [0.1, 0.15) is 22.7 Å². The van der Waals surface area contributed by atoms with Crippen LogP contribution in [-0.4, -0.2) is 37.8 Å². The molecule has 1 aromatic heterocycles. The molecule has 1 fully saturated rings. The smallest absolute Gasteiger partial charge is 0.128 e. The van der Waals surface area contributed by atoms with Crippen LogP contribution >= 0.6 is 0 Å². The number of pyridine rings is 1. The Balaban J connectivity index is 1.59. The van der Waals surface area contributed by atoms with Crippen LogP contribution in [0.2, 0.25) is 0 Å². The van der Waals surface area contributed by atoms with Gasteiger partial charge in [-0.25, -0.2) is 4.98 Å². The second-order valence-electron chi connectivity index (χ2n) is 5.89. The number of ether oxygens (including phenoxy) is 1. The van der Waals surface area contributed by atoms with Crippen molar-refractivity contribution < 1.29 is 4.74 Å². The lowest BCUT2D eigenvalue weighted by atomic mass is 9.91. The Kier molecular flexibility index (Phi) is 3.79. The normalized spacial score (nSPS) is 21.5. The molecule has 0 aliphatic carbocycles. The molecular weight excluding hydrogens is 274 g/mol. The highest BCUT2D eigenvalue weighted by atomic mass is 16.5. The van der Waals surface area contributed by atoms with Crippen LogP contribution in [0.4, 0.5) is 5.82 Å². The third kappa shape index (κ3) is 2.60. The van der Waals surface area contributed by atoms with Crippen molar-refractivity contribution in [1.29, 1.82) is 0 Å². The third-order valence-electron chi connectivity index (χ3n) is 4.55. The van der Waals surface area contributed by atoms with Gasteiger partial charge >= 0.3 is 0 Å². The summed E-state index contributed by atoms with van der Waals surface area (Å²) in [6, 6.07) is 13.3. The van der Waals surface area contributed by atoms with Gasteiger partial charge in [0.15, 0.2) is 0 Å². The van der Waals surface area contributed by atoms with E-state index in [2.05, 4.69) is 51.6 Å². The monoisotopic (exact) mass is 295 g/mol. The number of fused-ring (bicyclic) bond motifs is 1. The fraction of sp³-hybridized carbons (Fsp3) is 0.389. The number of rotatable bonds is 2. The minimum absolute atomic E-state index is 0.260. The lowest BCUT2D eigenvalue weighted by Gasteiger charge is -2.29.